The molecule has 1 saturated carbocycles. The molecule has 0 bridgehead atoms. The van der Waals surface area contributed by atoms with Gasteiger partial charge in [-0.2, -0.15) is 0 Å². The van der Waals surface area contributed by atoms with Crippen LogP contribution < -0.4 is 15.2 Å². The van der Waals surface area contributed by atoms with Crippen LogP contribution in [0.3, 0.4) is 0 Å². The molecule has 1 saturated heterocycles. The topological polar surface area (TPSA) is 53.7 Å². The Morgan fingerprint density at radius 3 is 2.75 bits per heavy atom. The zero-order valence-corrected chi connectivity index (χ0v) is 12.1. The molecule has 0 spiro atoms. The van der Waals surface area contributed by atoms with Gasteiger partial charge in [0, 0.05) is 17.5 Å². The molecule has 1 unspecified atom stereocenters. The fourth-order valence-electron chi connectivity index (χ4n) is 3.24. The highest BCUT2D eigenvalue weighted by atomic mass is 16.6. The number of para-hydroxylation sites is 1. The third-order valence-electron chi connectivity index (χ3n) is 4.40. The Morgan fingerprint density at radius 2 is 2.10 bits per heavy atom. The summed E-state index contributed by atoms with van der Waals surface area (Å²) >= 11 is 0. The normalized spacial score (nSPS) is 24.8. The number of hydrogen-bond acceptors (Lipinski definition) is 4. The van der Waals surface area contributed by atoms with Crippen molar-refractivity contribution in [2.45, 2.75) is 43.7 Å². The van der Waals surface area contributed by atoms with Crippen LogP contribution >= 0.6 is 0 Å². The predicted molar refractivity (Wildman–Crippen MR) is 77.2 cm³/mol. The van der Waals surface area contributed by atoms with E-state index in [1.165, 1.54) is 12.8 Å². The lowest BCUT2D eigenvalue weighted by atomic mass is 9.88. The molecular formula is C16H23NO3. The molecule has 4 heteroatoms. The zero-order valence-electron chi connectivity index (χ0n) is 12.1. The van der Waals surface area contributed by atoms with Gasteiger partial charge in [-0.25, -0.2) is 0 Å². The van der Waals surface area contributed by atoms with Gasteiger partial charge < -0.3 is 19.9 Å². The van der Waals surface area contributed by atoms with E-state index in [0.717, 1.165) is 42.9 Å². The maximum absolute atomic E-state index is 6.61. The highest BCUT2D eigenvalue weighted by molar-refractivity contribution is 5.50. The van der Waals surface area contributed by atoms with Crippen molar-refractivity contribution in [2.24, 2.45) is 5.73 Å². The minimum atomic E-state index is -0.274. The van der Waals surface area contributed by atoms with Crippen molar-refractivity contribution in [2.75, 3.05) is 20.3 Å². The second-order valence-electron chi connectivity index (χ2n) is 5.80. The van der Waals surface area contributed by atoms with Gasteiger partial charge in [-0.3, -0.25) is 0 Å². The molecule has 1 aromatic rings. The molecular weight excluding hydrogens is 254 g/mol. The Balaban J connectivity index is 1.95. The summed E-state index contributed by atoms with van der Waals surface area (Å²) in [4.78, 5) is 0. The summed E-state index contributed by atoms with van der Waals surface area (Å²) < 4.78 is 17.1. The lowest BCUT2D eigenvalue weighted by Crippen LogP contribution is -2.34. The minimum Gasteiger partial charge on any atom is -0.493 e. The van der Waals surface area contributed by atoms with Gasteiger partial charge in [-0.15, -0.1) is 0 Å². The van der Waals surface area contributed by atoms with Gasteiger partial charge in [0.05, 0.1) is 20.3 Å². The van der Waals surface area contributed by atoms with Crippen molar-refractivity contribution in [3.63, 3.8) is 0 Å². The van der Waals surface area contributed by atoms with Crippen molar-refractivity contribution in [3.8, 4) is 11.5 Å². The van der Waals surface area contributed by atoms with Gasteiger partial charge in [0.2, 0.25) is 0 Å². The van der Waals surface area contributed by atoms with Crippen molar-refractivity contribution in [3.05, 3.63) is 23.8 Å². The summed E-state index contributed by atoms with van der Waals surface area (Å²) in [7, 11) is 1.68. The SMILES string of the molecule is COc1cccc(C2(N)CCCC2)c1OC1CCOC1. The zero-order chi connectivity index (χ0) is 14.0. The van der Waals surface area contributed by atoms with E-state index in [1.807, 2.05) is 12.1 Å². The Morgan fingerprint density at radius 1 is 1.30 bits per heavy atom. The van der Waals surface area contributed by atoms with E-state index in [4.69, 9.17) is 19.9 Å². The number of benzene rings is 1. The molecule has 1 aromatic carbocycles. The molecule has 2 N–H and O–H groups in total. The molecule has 1 aliphatic heterocycles. The number of hydrogen-bond donors (Lipinski definition) is 1. The van der Waals surface area contributed by atoms with Gasteiger partial charge in [0.25, 0.3) is 0 Å². The van der Waals surface area contributed by atoms with Crippen LogP contribution in [0, 0.1) is 0 Å². The Hall–Kier alpha value is -1.26. The molecule has 2 fully saturated rings. The molecule has 0 radical (unpaired) electrons. The molecule has 1 atom stereocenters. The van der Waals surface area contributed by atoms with E-state index >= 15 is 0 Å². The molecule has 0 aromatic heterocycles. The minimum absolute atomic E-state index is 0.107. The summed E-state index contributed by atoms with van der Waals surface area (Å²) in [6.45, 7) is 1.41. The molecule has 1 heterocycles. The first kappa shape index (κ1) is 13.7. The average molecular weight is 277 g/mol. The van der Waals surface area contributed by atoms with Crippen LogP contribution in [-0.4, -0.2) is 26.4 Å². The number of methoxy groups -OCH3 is 1. The van der Waals surface area contributed by atoms with Gasteiger partial charge >= 0.3 is 0 Å². The molecule has 1 aliphatic carbocycles. The number of ether oxygens (including phenoxy) is 3. The van der Waals surface area contributed by atoms with Gasteiger partial charge in [-0.1, -0.05) is 25.0 Å². The van der Waals surface area contributed by atoms with Crippen LogP contribution in [-0.2, 0) is 10.3 Å². The standard InChI is InChI=1S/C16H23NO3/c1-18-14-6-4-5-13(16(17)8-2-3-9-16)15(14)20-12-7-10-19-11-12/h4-6,12H,2-3,7-11,17H2,1H3. The quantitative estimate of drug-likeness (QED) is 0.919. The summed E-state index contributed by atoms with van der Waals surface area (Å²) in [5.74, 6) is 1.58. The van der Waals surface area contributed by atoms with Crippen LogP contribution in [0.4, 0.5) is 0 Å². The fourth-order valence-corrected chi connectivity index (χ4v) is 3.24. The third-order valence-corrected chi connectivity index (χ3v) is 4.40. The smallest absolute Gasteiger partial charge is 0.166 e. The molecule has 110 valence electrons. The van der Waals surface area contributed by atoms with Crippen LogP contribution in [0.5, 0.6) is 11.5 Å². The molecule has 4 nitrogen and oxygen atoms in total. The predicted octanol–water partition coefficient (Wildman–Crippen LogP) is 2.59. The van der Waals surface area contributed by atoms with E-state index in [2.05, 4.69) is 6.07 Å². The van der Waals surface area contributed by atoms with Crippen LogP contribution in [0.15, 0.2) is 18.2 Å². The number of rotatable bonds is 4. The number of nitrogens with two attached hydrogens (primary N) is 1. The maximum Gasteiger partial charge on any atom is 0.166 e. The summed E-state index contributed by atoms with van der Waals surface area (Å²) in [6, 6.07) is 6.02. The van der Waals surface area contributed by atoms with Crippen LogP contribution in [0.1, 0.15) is 37.7 Å². The fraction of sp³-hybridized carbons (Fsp3) is 0.625. The first-order chi connectivity index (χ1) is 9.73. The monoisotopic (exact) mass is 277 g/mol. The molecule has 2 aliphatic rings. The Bertz CT molecular complexity index is 463. The maximum atomic E-state index is 6.61. The lowest BCUT2D eigenvalue weighted by molar-refractivity contribution is 0.136. The van der Waals surface area contributed by atoms with Crippen LogP contribution in [0.25, 0.3) is 0 Å². The van der Waals surface area contributed by atoms with E-state index in [0.29, 0.717) is 6.61 Å². The Labute approximate surface area is 120 Å². The van der Waals surface area contributed by atoms with Gasteiger partial charge in [0.1, 0.15) is 6.10 Å². The molecule has 20 heavy (non-hydrogen) atoms. The van der Waals surface area contributed by atoms with E-state index in [-0.39, 0.29) is 11.6 Å². The van der Waals surface area contributed by atoms with Gasteiger partial charge in [-0.05, 0) is 18.9 Å². The summed E-state index contributed by atoms with van der Waals surface area (Å²) in [6.07, 6.45) is 5.42. The second kappa shape index (κ2) is 5.62. The third kappa shape index (κ3) is 2.50. The van der Waals surface area contributed by atoms with E-state index in [9.17, 15) is 0 Å². The van der Waals surface area contributed by atoms with E-state index < -0.39 is 0 Å². The largest absolute Gasteiger partial charge is 0.493 e. The average Bonchev–Trinajstić information content (AvgIpc) is 3.11. The van der Waals surface area contributed by atoms with Crippen molar-refractivity contribution in [1.29, 1.82) is 0 Å². The first-order valence-electron chi connectivity index (χ1n) is 7.44. The molecule has 0 amide bonds. The lowest BCUT2D eigenvalue weighted by Gasteiger charge is -2.28. The van der Waals surface area contributed by atoms with Crippen molar-refractivity contribution < 1.29 is 14.2 Å². The van der Waals surface area contributed by atoms with Crippen molar-refractivity contribution >= 4 is 0 Å². The summed E-state index contributed by atoms with van der Waals surface area (Å²) in [5.41, 5.74) is 7.42. The van der Waals surface area contributed by atoms with Gasteiger partial charge in [0.15, 0.2) is 11.5 Å². The van der Waals surface area contributed by atoms with Crippen LogP contribution in [0.2, 0.25) is 0 Å². The summed E-state index contributed by atoms with van der Waals surface area (Å²) in [5, 5.41) is 0. The first-order valence-corrected chi connectivity index (χ1v) is 7.44. The second-order valence-corrected chi connectivity index (χ2v) is 5.80. The van der Waals surface area contributed by atoms with E-state index in [1.54, 1.807) is 7.11 Å². The van der Waals surface area contributed by atoms with Crippen molar-refractivity contribution in [1.82, 2.24) is 0 Å². The highest BCUT2D eigenvalue weighted by Gasteiger charge is 2.35. The Kier molecular flexibility index (Phi) is 3.85. The highest BCUT2D eigenvalue weighted by Crippen LogP contribution is 2.44. The molecule has 3 rings (SSSR count).